The van der Waals surface area contributed by atoms with E-state index in [4.69, 9.17) is 5.11 Å². The Hall–Kier alpha value is -1.63. The van der Waals surface area contributed by atoms with E-state index >= 15 is 0 Å². The molecule has 0 unspecified atom stereocenters. The number of aliphatic carboxylic acids is 1. The molecule has 140 valence electrons. The summed E-state index contributed by atoms with van der Waals surface area (Å²) in [6, 6.07) is -0.529. The van der Waals surface area contributed by atoms with E-state index in [2.05, 4.69) is 10.6 Å². The predicted molar refractivity (Wildman–Crippen MR) is 91.9 cm³/mol. The molecule has 7 nitrogen and oxygen atoms in total. The van der Waals surface area contributed by atoms with Crippen LogP contribution in [0.25, 0.3) is 0 Å². The van der Waals surface area contributed by atoms with Gasteiger partial charge in [0.05, 0.1) is 13.1 Å². The number of carbonyl (C=O) groups is 3. The van der Waals surface area contributed by atoms with E-state index in [0.29, 0.717) is 17.8 Å². The molecule has 4 bridgehead atoms. The van der Waals surface area contributed by atoms with Crippen molar-refractivity contribution < 1.29 is 19.5 Å². The highest BCUT2D eigenvalue weighted by Gasteiger charge is 2.51. The molecule has 3 N–H and O–H groups in total. The molecule has 0 aromatic carbocycles. The third-order valence-corrected chi connectivity index (χ3v) is 6.09. The zero-order chi connectivity index (χ0) is 18.2. The van der Waals surface area contributed by atoms with Crippen LogP contribution in [0.3, 0.4) is 0 Å². The molecule has 25 heavy (non-hydrogen) atoms. The minimum Gasteiger partial charge on any atom is -0.480 e. The zero-order valence-corrected chi connectivity index (χ0v) is 15.1. The summed E-state index contributed by atoms with van der Waals surface area (Å²) >= 11 is 0. The van der Waals surface area contributed by atoms with Crippen molar-refractivity contribution in [3.63, 3.8) is 0 Å². The molecule has 0 spiro atoms. The van der Waals surface area contributed by atoms with Gasteiger partial charge in [-0.25, -0.2) is 4.79 Å². The van der Waals surface area contributed by atoms with Crippen LogP contribution in [0.15, 0.2) is 0 Å². The molecule has 4 rings (SSSR count). The topological polar surface area (TPSA) is 98.7 Å². The quantitative estimate of drug-likeness (QED) is 0.675. The van der Waals surface area contributed by atoms with Gasteiger partial charge in [-0.05, 0) is 70.1 Å². The summed E-state index contributed by atoms with van der Waals surface area (Å²) < 4.78 is 0. The smallest absolute Gasteiger partial charge is 0.321 e. The number of imide groups is 1. The second-order valence-corrected chi connectivity index (χ2v) is 8.59. The lowest BCUT2D eigenvalue weighted by Gasteiger charge is -2.56. The standard InChI is InChI=1S/C18H29N3O4/c1-11(2)21(10-16(23)24)9-15(22)19-17(25)20-18-6-12-3-13(7-18)5-14(4-12)8-18/h11-14H,3-10H2,1-2H3,(H,23,24)(H2,19,20,22,25). The van der Waals surface area contributed by atoms with Crippen molar-refractivity contribution in [1.82, 2.24) is 15.5 Å². The molecule has 3 amide bonds. The molecule has 0 aliphatic heterocycles. The van der Waals surface area contributed by atoms with Gasteiger partial charge in [0.1, 0.15) is 0 Å². The van der Waals surface area contributed by atoms with Crippen LogP contribution >= 0.6 is 0 Å². The Kier molecular flexibility index (Phi) is 5.04. The van der Waals surface area contributed by atoms with Crippen molar-refractivity contribution in [3.8, 4) is 0 Å². The second kappa shape index (κ2) is 6.94. The summed E-state index contributed by atoms with van der Waals surface area (Å²) in [6.45, 7) is 3.33. The van der Waals surface area contributed by atoms with Gasteiger partial charge in [-0.15, -0.1) is 0 Å². The molecule has 7 heteroatoms. The lowest BCUT2D eigenvalue weighted by atomic mass is 9.53. The van der Waals surface area contributed by atoms with Crippen LogP contribution in [0.1, 0.15) is 52.4 Å². The Morgan fingerprint density at radius 2 is 1.56 bits per heavy atom. The van der Waals surface area contributed by atoms with Gasteiger partial charge >= 0.3 is 12.0 Å². The fourth-order valence-corrected chi connectivity index (χ4v) is 5.48. The van der Waals surface area contributed by atoms with Crippen LogP contribution in [-0.2, 0) is 9.59 Å². The van der Waals surface area contributed by atoms with Crippen LogP contribution in [-0.4, -0.2) is 52.6 Å². The monoisotopic (exact) mass is 351 g/mol. The Morgan fingerprint density at radius 3 is 2.00 bits per heavy atom. The van der Waals surface area contributed by atoms with Gasteiger partial charge < -0.3 is 10.4 Å². The molecule has 0 aromatic heterocycles. The molecule has 0 heterocycles. The molecular formula is C18H29N3O4. The summed E-state index contributed by atoms with van der Waals surface area (Å²) in [7, 11) is 0. The Labute approximate surface area is 148 Å². The molecule has 4 saturated carbocycles. The molecule has 4 aliphatic rings. The minimum absolute atomic E-state index is 0.0898. The van der Waals surface area contributed by atoms with Crippen LogP contribution in [0.2, 0.25) is 0 Å². The van der Waals surface area contributed by atoms with Crippen molar-refractivity contribution in [1.29, 1.82) is 0 Å². The van der Waals surface area contributed by atoms with Crippen LogP contribution in [0, 0.1) is 17.8 Å². The number of hydrogen-bond acceptors (Lipinski definition) is 4. The summed E-state index contributed by atoms with van der Waals surface area (Å²) in [5, 5.41) is 14.4. The van der Waals surface area contributed by atoms with Crippen LogP contribution in [0.5, 0.6) is 0 Å². The average Bonchev–Trinajstić information content (AvgIpc) is 2.43. The molecule has 0 aromatic rings. The van der Waals surface area contributed by atoms with Crippen molar-refractivity contribution in [2.24, 2.45) is 17.8 Å². The van der Waals surface area contributed by atoms with Gasteiger partial charge in [0, 0.05) is 11.6 Å². The van der Waals surface area contributed by atoms with Crippen molar-refractivity contribution in [3.05, 3.63) is 0 Å². The van der Waals surface area contributed by atoms with Crippen LogP contribution < -0.4 is 10.6 Å². The molecule has 4 aliphatic carbocycles. The first-order valence-electron chi connectivity index (χ1n) is 9.32. The third-order valence-electron chi connectivity index (χ3n) is 6.09. The highest BCUT2D eigenvalue weighted by molar-refractivity contribution is 5.95. The number of amides is 3. The lowest BCUT2D eigenvalue weighted by molar-refractivity contribution is -0.139. The largest absolute Gasteiger partial charge is 0.480 e. The fourth-order valence-electron chi connectivity index (χ4n) is 5.48. The third kappa shape index (κ3) is 4.32. The summed E-state index contributed by atoms with van der Waals surface area (Å²) in [5.74, 6) is 0.703. The number of hydrogen-bond donors (Lipinski definition) is 3. The molecule has 0 saturated heterocycles. The summed E-state index contributed by atoms with van der Waals surface area (Å²) in [5.41, 5.74) is -0.141. The first-order valence-corrected chi connectivity index (χ1v) is 9.32. The molecule has 4 fully saturated rings. The van der Waals surface area contributed by atoms with Gasteiger partial charge in [0.25, 0.3) is 0 Å². The maximum Gasteiger partial charge on any atom is 0.321 e. The van der Waals surface area contributed by atoms with E-state index in [9.17, 15) is 14.4 Å². The molecule has 0 radical (unpaired) electrons. The Morgan fingerprint density at radius 1 is 1.04 bits per heavy atom. The van der Waals surface area contributed by atoms with Crippen molar-refractivity contribution in [2.75, 3.05) is 13.1 Å². The maximum atomic E-state index is 12.3. The Balaban J connectivity index is 1.52. The first-order chi connectivity index (χ1) is 11.7. The number of urea groups is 1. The highest BCUT2D eigenvalue weighted by Crippen LogP contribution is 2.55. The van der Waals surface area contributed by atoms with E-state index in [1.165, 1.54) is 24.2 Å². The van der Waals surface area contributed by atoms with Crippen molar-refractivity contribution in [2.45, 2.75) is 64.0 Å². The normalized spacial score (nSPS) is 32.9. The summed E-state index contributed by atoms with van der Waals surface area (Å²) in [6.07, 6.45) is 6.95. The predicted octanol–water partition coefficient (Wildman–Crippen LogP) is 1.58. The number of carboxylic acids is 1. The number of rotatable bonds is 6. The van der Waals surface area contributed by atoms with E-state index in [1.807, 2.05) is 13.8 Å². The lowest BCUT2D eigenvalue weighted by Crippen LogP contribution is -2.62. The number of carbonyl (C=O) groups excluding carboxylic acids is 2. The van der Waals surface area contributed by atoms with Gasteiger partial charge in [0.2, 0.25) is 5.91 Å². The minimum atomic E-state index is -0.987. The average molecular weight is 351 g/mol. The van der Waals surface area contributed by atoms with Gasteiger partial charge in [-0.1, -0.05) is 0 Å². The van der Waals surface area contributed by atoms with Crippen molar-refractivity contribution >= 4 is 17.9 Å². The van der Waals surface area contributed by atoms with E-state index in [1.54, 1.807) is 0 Å². The molecule has 0 atom stereocenters. The second-order valence-electron chi connectivity index (χ2n) is 8.59. The van der Waals surface area contributed by atoms with Gasteiger partial charge in [0.15, 0.2) is 0 Å². The summed E-state index contributed by atoms with van der Waals surface area (Å²) in [4.78, 5) is 36.9. The number of carboxylic acid groups (broad SMARTS) is 1. The fraction of sp³-hybridized carbons (Fsp3) is 0.833. The highest BCUT2D eigenvalue weighted by atomic mass is 16.4. The Bertz CT molecular complexity index is 525. The number of nitrogens with zero attached hydrogens (tertiary/aromatic N) is 1. The van der Waals surface area contributed by atoms with Crippen LogP contribution in [0.4, 0.5) is 4.79 Å². The SMILES string of the molecule is CC(C)N(CC(=O)O)CC(=O)NC(=O)NC12CC3CC(CC(C3)C1)C2. The maximum absolute atomic E-state index is 12.3. The number of nitrogens with one attached hydrogen (secondary N) is 2. The van der Waals surface area contributed by atoms with E-state index in [0.717, 1.165) is 19.3 Å². The zero-order valence-electron chi connectivity index (χ0n) is 15.1. The van der Waals surface area contributed by atoms with E-state index in [-0.39, 0.29) is 24.7 Å². The molecular weight excluding hydrogens is 322 g/mol. The van der Waals surface area contributed by atoms with Gasteiger partial charge in [-0.3, -0.25) is 19.8 Å². The van der Waals surface area contributed by atoms with Gasteiger partial charge in [-0.2, -0.15) is 0 Å². The first kappa shape index (κ1) is 18.2. The van der Waals surface area contributed by atoms with E-state index < -0.39 is 17.9 Å².